The lowest BCUT2D eigenvalue weighted by atomic mass is 10.2. The molecule has 1 aliphatic heterocycles. The van der Waals surface area contributed by atoms with E-state index in [2.05, 4.69) is 55.2 Å². The first-order valence-electron chi connectivity index (χ1n) is 7.66. The van der Waals surface area contributed by atoms with Gasteiger partial charge in [-0.1, -0.05) is 18.2 Å². The van der Waals surface area contributed by atoms with E-state index in [1.807, 2.05) is 0 Å². The molecule has 4 heteroatoms. The summed E-state index contributed by atoms with van der Waals surface area (Å²) in [5.41, 5.74) is 1.26. The maximum atomic E-state index is 6.40. The molecule has 20 heavy (non-hydrogen) atoms. The minimum Gasteiger partial charge on any atom is -0.410 e. The van der Waals surface area contributed by atoms with Gasteiger partial charge in [0.2, 0.25) is 0 Å². The average molecular weight is 293 g/mol. The number of hydrogen-bond acceptors (Lipinski definition) is 3. The first-order valence-corrected chi connectivity index (χ1v) is 10.8. The van der Waals surface area contributed by atoms with E-state index in [-0.39, 0.29) is 6.10 Å². The third-order valence-corrected chi connectivity index (χ3v) is 6.31. The van der Waals surface area contributed by atoms with E-state index < -0.39 is 8.32 Å². The molecule has 3 nitrogen and oxygen atoms in total. The molecule has 2 rings (SSSR count). The lowest BCUT2D eigenvalue weighted by Gasteiger charge is -2.35. The second-order valence-corrected chi connectivity index (χ2v) is 10.3. The van der Waals surface area contributed by atoms with E-state index in [9.17, 15) is 0 Å². The van der Waals surface area contributed by atoms with Crippen LogP contribution in [0.4, 0.5) is 5.69 Å². The van der Waals surface area contributed by atoms with Crippen LogP contribution >= 0.6 is 0 Å². The summed E-state index contributed by atoms with van der Waals surface area (Å²) >= 11 is 0. The predicted octanol–water partition coefficient (Wildman–Crippen LogP) is 3.52. The Kier molecular flexibility index (Phi) is 5.63. The second kappa shape index (κ2) is 7.25. The minimum absolute atomic E-state index is 0.192. The molecule has 0 saturated carbocycles. The number of anilines is 1. The highest BCUT2D eigenvalue weighted by molar-refractivity contribution is 6.71. The first-order chi connectivity index (χ1) is 9.61. The van der Waals surface area contributed by atoms with Crippen molar-refractivity contribution in [3.8, 4) is 0 Å². The first kappa shape index (κ1) is 15.5. The fraction of sp³-hybridized carbons (Fsp3) is 0.625. The second-order valence-electron chi connectivity index (χ2n) is 6.05. The zero-order chi connectivity index (χ0) is 14.4. The van der Waals surface area contributed by atoms with Crippen molar-refractivity contribution in [1.29, 1.82) is 0 Å². The van der Waals surface area contributed by atoms with Crippen molar-refractivity contribution in [2.75, 3.05) is 31.2 Å². The van der Waals surface area contributed by atoms with Gasteiger partial charge in [0.1, 0.15) is 0 Å². The zero-order valence-corrected chi connectivity index (χ0v) is 14.0. The van der Waals surface area contributed by atoms with Crippen molar-refractivity contribution in [2.24, 2.45) is 0 Å². The van der Waals surface area contributed by atoms with Gasteiger partial charge in [0.25, 0.3) is 0 Å². The number of rotatable bonds is 4. The molecule has 112 valence electrons. The molecule has 1 unspecified atom stereocenters. The van der Waals surface area contributed by atoms with Gasteiger partial charge in [-0.05, 0) is 44.6 Å². The SMILES string of the molecule is CCN(CC1COCCC[Si](C)(C)O1)c1ccccc1. The normalized spacial score (nSPS) is 22.9. The van der Waals surface area contributed by atoms with Gasteiger partial charge < -0.3 is 14.1 Å². The molecule has 0 bridgehead atoms. The lowest BCUT2D eigenvalue weighted by Crippen LogP contribution is -2.45. The van der Waals surface area contributed by atoms with Crippen LogP contribution in [-0.4, -0.2) is 40.7 Å². The predicted molar refractivity (Wildman–Crippen MR) is 86.9 cm³/mol. The molecule has 0 amide bonds. The summed E-state index contributed by atoms with van der Waals surface area (Å²) in [4.78, 5) is 2.38. The quantitative estimate of drug-likeness (QED) is 0.793. The summed E-state index contributed by atoms with van der Waals surface area (Å²) in [5.74, 6) is 0. The van der Waals surface area contributed by atoms with E-state index in [1.165, 1.54) is 11.7 Å². The van der Waals surface area contributed by atoms with Gasteiger partial charge in [-0.3, -0.25) is 0 Å². The molecule has 1 aromatic rings. The monoisotopic (exact) mass is 293 g/mol. The Morgan fingerprint density at radius 1 is 1.25 bits per heavy atom. The number of hydrogen-bond donors (Lipinski definition) is 0. The third-order valence-electron chi connectivity index (χ3n) is 3.78. The maximum absolute atomic E-state index is 6.40. The Morgan fingerprint density at radius 2 is 2.00 bits per heavy atom. The molecule has 1 aromatic carbocycles. The van der Waals surface area contributed by atoms with E-state index in [0.29, 0.717) is 0 Å². The van der Waals surface area contributed by atoms with E-state index >= 15 is 0 Å². The van der Waals surface area contributed by atoms with Crippen LogP contribution in [0.25, 0.3) is 0 Å². The van der Waals surface area contributed by atoms with E-state index in [0.717, 1.165) is 32.7 Å². The van der Waals surface area contributed by atoms with E-state index in [1.54, 1.807) is 0 Å². The molecular formula is C16H27NO2Si. The van der Waals surface area contributed by atoms with Crippen LogP contribution in [0.1, 0.15) is 13.3 Å². The fourth-order valence-corrected chi connectivity index (χ4v) is 4.91. The third kappa shape index (κ3) is 4.61. The van der Waals surface area contributed by atoms with Crippen LogP contribution in [-0.2, 0) is 9.16 Å². The Labute approximate surface area is 124 Å². The summed E-state index contributed by atoms with van der Waals surface area (Å²) in [6, 6.07) is 11.8. The highest BCUT2D eigenvalue weighted by Gasteiger charge is 2.29. The Balaban J connectivity index is 2.01. The molecule has 0 aliphatic carbocycles. The fourth-order valence-electron chi connectivity index (χ4n) is 2.75. The van der Waals surface area contributed by atoms with Gasteiger partial charge in [0.15, 0.2) is 8.32 Å². The summed E-state index contributed by atoms with van der Waals surface area (Å²) in [6.07, 6.45) is 1.33. The molecule has 0 spiro atoms. The zero-order valence-electron chi connectivity index (χ0n) is 13.0. The van der Waals surface area contributed by atoms with Crippen LogP contribution in [0.15, 0.2) is 30.3 Å². The number of likely N-dealkylation sites (N-methyl/N-ethyl adjacent to an activating group) is 1. The standard InChI is InChI=1S/C16H27NO2Si/c1-4-17(15-9-6-5-7-10-15)13-16-14-18-11-8-12-20(2,3)19-16/h5-7,9-10,16H,4,8,11-14H2,1-3H3. The topological polar surface area (TPSA) is 21.7 Å². The van der Waals surface area contributed by atoms with Crippen molar-refractivity contribution in [3.05, 3.63) is 30.3 Å². The molecule has 1 atom stereocenters. The van der Waals surface area contributed by atoms with Gasteiger partial charge in [-0.15, -0.1) is 0 Å². The molecule has 0 radical (unpaired) electrons. The highest BCUT2D eigenvalue weighted by atomic mass is 28.4. The van der Waals surface area contributed by atoms with E-state index in [4.69, 9.17) is 9.16 Å². The van der Waals surface area contributed by atoms with Gasteiger partial charge in [0.05, 0.1) is 12.7 Å². The highest BCUT2D eigenvalue weighted by Crippen LogP contribution is 2.21. The van der Waals surface area contributed by atoms with Gasteiger partial charge >= 0.3 is 0 Å². The average Bonchev–Trinajstić information content (AvgIpc) is 2.42. The summed E-state index contributed by atoms with van der Waals surface area (Å²) < 4.78 is 12.1. The van der Waals surface area contributed by atoms with Crippen LogP contribution < -0.4 is 4.90 Å². The Hall–Kier alpha value is -0.843. The number of para-hydroxylation sites is 1. The Bertz CT molecular complexity index is 397. The van der Waals surface area contributed by atoms with Crippen LogP contribution in [0.5, 0.6) is 0 Å². The number of ether oxygens (including phenoxy) is 1. The van der Waals surface area contributed by atoms with Crippen molar-refractivity contribution in [1.82, 2.24) is 0 Å². The van der Waals surface area contributed by atoms with Crippen molar-refractivity contribution in [3.63, 3.8) is 0 Å². The number of nitrogens with zero attached hydrogens (tertiary/aromatic N) is 1. The molecule has 0 aromatic heterocycles. The lowest BCUT2D eigenvalue weighted by molar-refractivity contribution is 0.0391. The maximum Gasteiger partial charge on any atom is 0.187 e. The van der Waals surface area contributed by atoms with Crippen molar-refractivity contribution >= 4 is 14.0 Å². The van der Waals surface area contributed by atoms with Crippen molar-refractivity contribution in [2.45, 2.75) is 38.6 Å². The molecule has 0 N–H and O–H groups in total. The van der Waals surface area contributed by atoms with Gasteiger partial charge in [-0.2, -0.15) is 0 Å². The minimum atomic E-state index is -1.52. The smallest absolute Gasteiger partial charge is 0.187 e. The van der Waals surface area contributed by atoms with Crippen LogP contribution in [0, 0.1) is 0 Å². The van der Waals surface area contributed by atoms with Crippen LogP contribution in [0.2, 0.25) is 19.1 Å². The molecular weight excluding hydrogens is 266 g/mol. The molecule has 1 heterocycles. The largest absolute Gasteiger partial charge is 0.410 e. The molecule has 1 saturated heterocycles. The van der Waals surface area contributed by atoms with Gasteiger partial charge in [-0.25, -0.2) is 0 Å². The van der Waals surface area contributed by atoms with Gasteiger partial charge in [0, 0.05) is 25.4 Å². The number of benzene rings is 1. The summed E-state index contributed by atoms with van der Waals surface area (Å²) in [7, 11) is -1.52. The van der Waals surface area contributed by atoms with Crippen LogP contribution in [0.3, 0.4) is 0 Å². The molecule has 1 fully saturated rings. The van der Waals surface area contributed by atoms with Crippen molar-refractivity contribution < 1.29 is 9.16 Å². The Morgan fingerprint density at radius 3 is 2.70 bits per heavy atom. The summed E-state index contributed by atoms with van der Waals surface area (Å²) in [6.45, 7) is 10.4. The summed E-state index contributed by atoms with van der Waals surface area (Å²) in [5, 5.41) is 0. The molecule has 1 aliphatic rings.